The smallest absolute Gasteiger partial charge is 0.237 e. The maximum absolute atomic E-state index is 13.1. The van der Waals surface area contributed by atoms with Crippen molar-refractivity contribution in [2.45, 2.75) is 17.3 Å². The first-order valence-corrected chi connectivity index (χ1v) is 9.08. The lowest BCUT2D eigenvalue weighted by atomic mass is 10.2. The number of amides is 1. The maximum atomic E-state index is 13.1. The number of halogens is 2. The highest BCUT2D eigenvalue weighted by molar-refractivity contribution is 8.00. The maximum Gasteiger partial charge on any atom is 0.237 e. The first-order chi connectivity index (χ1) is 12.4. The zero-order valence-corrected chi connectivity index (χ0v) is 15.7. The molecule has 0 bridgehead atoms. The molecule has 1 amide bonds. The van der Waals surface area contributed by atoms with Crippen LogP contribution < -0.4 is 5.32 Å². The van der Waals surface area contributed by atoms with Crippen LogP contribution in [0.25, 0.3) is 11.4 Å². The number of hydrogen-bond acceptors (Lipinski definition) is 4. The number of carbonyl (C=O) groups excluding carboxylic acids is 1. The van der Waals surface area contributed by atoms with Crippen molar-refractivity contribution < 1.29 is 9.18 Å². The SMILES string of the molecule is CC(Sc1nnc(-c2ccc(F)cc2)n1C)C(=O)Nc1cccc(Cl)c1. The van der Waals surface area contributed by atoms with Gasteiger partial charge in [0.1, 0.15) is 5.82 Å². The topological polar surface area (TPSA) is 59.8 Å². The van der Waals surface area contributed by atoms with Crippen LogP contribution in [0.15, 0.2) is 53.7 Å². The van der Waals surface area contributed by atoms with Gasteiger partial charge in [0.15, 0.2) is 11.0 Å². The Hall–Kier alpha value is -2.38. The summed E-state index contributed by atoms with van der Waals surface area (Å²) in [4.78, 5) is 12.4. The van der Waals surface area contributed by atoms with Crippen molar-refractivity contribution in [2.24, 2.45) is 7.05 Å². The van der Waals surface area contributed by atoms with Crippen LogP contribution in [0.1, 0.15) is 6.92 Å². The molecule has 1 N–H and O–H groups in total. The third kappa shape index (κ3) is 4.23. The zero-order valence-electron chi connectivity index (χ0n) is 14.1. The lowest BCUT2D eigenvalue weighted by Crippen LogP contribution is -2.22. The van der Waals surface area contributed by atoms with Gasteiger partial charge in [0, 0.05) is 23.3 Å². The number of nitrogens with one attached hydrogen (secondary N) is 1. The van der Waals surface area contributed by atoms with E-state index in [1.807, 2.05) is 7.05 Å². The van der Waals surface area contributed by atoms with E-state index < -0.39 is 5.25 Å². The van der Waals surface area contributed by atoms with Crippen LogP contribution in [0.2, 0.25) is 5.02 Å². The van der Waals surface area contributed by atoms with Gasteiger partial charge in [-0.05, 0) is 49.4 Å². The molecule has 1 heterocycles. The van der Waals surface area contributed by atoms with Crippen molar-refractivity contribution in [3.63, 3.8) is 0 Å². The molecule has 0 saturated carbocycles. The Bertz CT molecular complexity index is 929. The number of benzene rings is 2. The molecule has 2 aromatic carbocycles. The zero-order chi connectivity index (χ0) is 18.7. The molecule has 3 rings (SSSR count). The fourth-order valence-corrected chi connectivity index (χ4v) is 3.29. The number of anilines is 1. The minimum Gasteiger partial charge on any atom is -0.325 e. The van der Waals surface area contributed by atoms with Gasteiger partial charge in [-0.15, -0.1) is 10.2 Å². The molecule has 0 spiro atoms. The summed E-state index contributed by atoms with van der Waals surface area (Å²) in [5, 5.41) is 11.9. The van der Waals surface area contributed by atoms with Crippen LogP contribution in [0.3, 0.4) is 0 Å². The normalized spacial score (nSPS) is 12.0. The van der Waals surface area contributed by atoms with Gasteiger partial charge < -0.3 is 9.88 Å². The summed E-state index contributed by atoms with van der Waals surface area (Å²) in [6.45, 7) is 1.79. The summed E-state index contributed by atoms with van der Waals surface area (Å²) in [5.41, 5.74) is 1.39. The molecule has 0 aliphatic heterocycles. The van der Waals surface area contributed by atoms with Crippen molar-refractivity contribution >= 4 is 35.0 Å². The molecule has 5 nitrogen and oxygen atoms in total. The molecule has 0 aliphatic rings. The second kappa shape index (κ2) is 7.88. The quantitative estimate of drug-likeness (QED) is 0.656. The van der Waals surface area contributed by atoms with Gasteiger partial charge in [-0.1, -0.05) is 29.4 Å². The fraction of sp³-hybridized carbons (Fsp3) is 0.167. The van der Waals surface area contributed by atoms with Crippen molar-refractivity contribution in [3.05, 3.63) is 59.4 Å². The number of rotatable bonds is 5. The predicted octanol–water partition coefficient (Wildman–Crippen LogP) is 4.39. The molecular formula is C18H16ClFN4OS. The van der Waals surface area contributed by atoms with E-state index in [-0.39, 0.29) is 11.7 Å². The van der Waals surface area contributed by atoms with Gasteiger partial charge in [-0.3, -0.25) is 4.79 Å². The van der Waals surface area contributed by atoms with Gasteiger partial charge in [0.05, 0.1) is 5.25 Å². The Morgan fingerprint density at radius 2 is 1.96 bits per heavy atom. The molecule has 8 heteroatoms. The molecule has 1 unspecified atom stereocenters. The summed E-state index contributed by atoms with van der Waals surface area (Å²) in [5.74, 6) is 0.135. The number of hydrogen-bond donors (Lipinski definition) is 1. The molecule has 0 fully saturated rings. The summed E-state index contributed by atoms with van der Waals surface area (Å²) < 4.78 is 14.9. The van der Waals surface area contributed by atoms with E-state index in [2.05, 4.69) is 15.5 Å². The van der Waals surface area contributed by atoms with Gasteiger partial charge in [0.25, 0.3) is 0 Å². The van der Waals surface area contributed by atoms with Crippen molar-refractivity contribution in [3.8, 4) is 11.4 Å². The second-order valence-electron chi connectivity index (χ2n) is 5.63. The fourth-order valence-electron chi connectivity index (χ4n) is 2.29. The lowest BCUT2D eigenvalue weighted by Gasteiger charge is -2.12. The van der Waals surface area contributed by atoms with E-state index in [4.69, 9.17) is 11.6 Å². The highest BCUT2D eigenvalue weighted by atomic mass is 35.5. The minimum absolute atomic E-state index is 0.163. The molecule has 1 aromatic heterocycles. The molecule has 0 saturated heterocycles. The van der Waals surface area contributed by atoms with Gasteiger partial charge >= 0.3 is 0 Å². The number of carbonyl (C=O) groups is 1. The highest BCUT2D eigenvalue weighted by Crippen LogP contribution is 2.26. The molecule has 1 atom stereocenters. The first-order valence-electron chi connectivity index (χ1n) is 7.82. The summed E-state index contributed by atoms with van der Waals surface area (Å²) >= 11 is 7.22. The molecule has 0 aliphatic carbocycles. The lowest BCUT2D eigenvalue weighted by molar-refractivity contribution is -0.115. The van der Waals surface area contributed by atoms with E-state index in [0.29, 0.717) is 21.7 Å². The monoisotopic (exact) mass is 390 g/mol. The van der Waals surface area contributed by atoms with Crippen LogP contribution in [0.5, 0.6) is 0 Å². The highest BCUT2D eigenvalue weighted by Gasteiger charge is 2.19. The van der Waals surface area contributed by atoms with Crippen LogP contribution in [0.4, 0.5) is 10.1 Å². The van der Waals surface area contributed by atoms with Crippen LogP contribution >= 0.6 is 23.4 Å². The summed E-state index contributed by atoms with van der Waals surface area (Å²) in [7, 11) is 1.81. The number of thioether (sulfide) groups is 1. The third-order valence-electron chi connectivity index (χ3n) is 3.68. The van der Waals surface area contributed by atoms with Crippen LogP contribution in [-0.2, 0) is 11.8 Å². The third-order valence-corrected chi connectivity index (χ3v) is 5.05. The van der Waals surface area contributed by atoms with Crippen molar-refractivity contribution in [1.29, 1.82) is 0 Å². The van der Waals surface area contributed by atoms with Gasteiger partial charge in [-0.25, -0.2) is 4.39 Å². The van der Waals surface area contributed by atoms with Gasteiger partial charge in [0.2, 0.25) is 5.91 Å². The molecule has 134 valence electrons. The second-order valence-corrected chi connectivity index (χ2v) is 7.38. The number of aromatic nitrogens is 3. The average Bonchev–Trinajstić information content (AvgIpc) is 2.96. The first kappa shape index (κ1) is 18.4. The standard InChI is InChI=1S/C18H16ClFN4OS/c1-11(17(25)21-15-5-3-4-13(19)10-15)26-18-23-22-16(24(18)2)12-6-8-14(20)9-7-12/h3-11H,1-2H3,(H,21,25). The van der Waals surface area contributed by atoms with E-state index in [1.54, 1.807) is 47.9 Å². The van der Waals surface area contributed by atoms with Crippen molar-refractivity contribution in [2.75, 3.05) is 5.32 Å². The van der Waals surface area contributed by atoms with E-state index in [1.165, 1.54) is 23.9 Å². The van der Waals surface area contributed by atoms with Crippen LogP contribution in [-0.4, -0.2) is 25.9 Å². The summed E-state index contributed by atoms with van der Waals surface area (Å²) in [6, 6.07) is 13.0. The molecule has 3 aromatic rings. The minimum atomic E-state index is -0.391. The Morgan fingerprint density at radius 3 is 2.65 bits per heavy atom. The molecular weight excluding hydrogens is 375 g/mol. The van der Waals surface area contributed by atoms with Crippen LogP contribution in [0, 0.1) is 5.82 Å². The van der Waals surface area contributed by atoms with Gasteiger partial charge in [-0.2, -0.15) is 0 Å². The average molecular weight is 391 g/mol. The predicted molar refractivity (Wildman–Crippen MR) is 102 cm³/mol. The van der Waals surface area contributed by atoms with E-state index in [9.17, 15) is 9.18 Å². The number of nitrogens with zero attached hydrogens (tertiary/aromatic N) is 3. The molecule has 0 radical (unpaired) electrons. The Balaban J connectivity index is 1.70. The summed E-state index contributed by atoms with van der Waals surface area (Å²) in [6.07, 6.45) is 0. The van der Waals surface area contributed by atoms with E-state index in [0.717, 1.165) is 5.56 Å². The Morgan fingerprint density at radius 1 is 1.23 bits per heavy atom. The van der Waals surface area contributed by atoms with E-state index >= 15 is 0 Å². The van der Waals surface area contributed by atoms with Crippen molar-refractivity contribution in [1.82, 2.24) is 14.8 Å². The Labute approximate surface area is 159 Å². The largest absolute Gasteiger partial charge is 0.325 e. The Kier molecular flexibility index (Phi) is 5.58. The molecule has 26 heavy (non-hydrogen) atoms.